The summed E-state index contributed by atoms with van der Waals surface area (Å²) in [4.78, 5) is 4.45. The molecule has 0 radical (unpaired) electrons. The van der Waals surface area contributed by atoms with E-state index in [1.165, 1.54) is 0 Å². The Labute approximate surface area is 135 Å². The maximum absolute atomic E-state index is 6.16. The summed E-state index contributed by atoms with van der Waals surface area (Å²) in [5.74, 6) is 1.21. The third-order valence-corrected chi connectivity index (χ3v) is 3.56. The van der Waals surface area contributed by atoms with E-state index >= 15 is 0 Å². The molecule has 112 valence electrons. The maximum Gasteiger partial charge on any atom is 0.219 e. The molecule has 0 amide bonds. The van der Waals surface area contributed by atoms with E-state index in [9.17, 15) is 0 Å². The Kier molecular flexibility index (Phi) is 5.85. The molecule has 1 N–H and O–H groups in total. The molecule has 0 spiro atoms. The third-order valence-electron chi connectivity index (χ3n) is 2.98. The van der Waals surface area contributed by atoms with E-state index < -0.39 is 0 Å². The number of halogens is 2. The van der Waals surface area contributed by atoms with Gasteiger partial charge in [-0.05, 0) is 43.7 Å². The van der Waals surface area contributed by atoms with E-state index in [1.54, 1.807) is 18.2 Å². The molecular weight excluding hydrogens is 307 g/mol. The second-order valence-electron chi connectivity index (χ2n) is 4.77. The average Bonchev–Trinajstić information content (AvgIpc) is 2.46. The number of aryl methyl sites for hydroxylation is 1. The molecule has 1 aromatic heterocycles. The molecule has 1 heterocycles. The fraction of sp³-hybridized carbons (Fsp3) is 0.312. The van der Waals surface area contributed by atoms with Crippen molar-refractivity contribution in [3.63, 3.8) is 0 Å². The molecule has 2 rings (SSSR count). The monoisotopic (exact) mass is 324 g/mol. The van der Waals surface area contributed by atoms with E-state index in [0.717, 1.165) is 24.2 Å². The van der Waals surface area contributed by atoms with Gasteiger partial charge in [0.25, 0.3) is 0 Å². The van der Waals surface area contributed by atoms with Crippen LogP contribution in [0, 0.1) is 6.92 Å². The second-order valence-corrected chi connectivity index (χ2v) is 5.61. The lowest BCUT2D eigenvalue weighted by Gasteiger charge is -2.11. The minimum absolute atomic E-state index is 0.512. The molecule has 21 heavy (non-hydrogen) atoms. The highest BCUT2D eigenvalue weighted by Gasteiger charge is 2.07. The Morgan fingerprint density at radius 1 is 1.19 bits per heavy atom. The van der Waals surface area contributed by atoms with Crippen molar-refractivity contribution in [2.24, 2.45) is 0 Å². The SMILES string of the molecule is CCCNCc1nc(Oc2cc(Cl)ccc2C)ccc1Cl. The second kappa shape index (κ2) is 7.64. The van der Waals surface area contributed by atoms with Gasteiger partial charge in [0.15, 0.2) is 0 Å². The number of aromatic nitrogens is 1. The van der Waals surface area contributed by atoms with Gasteiger partial charge in [-0.1, -0.05) is 36.2 Å². The Hall–Kier alpha value is -1.29. The first-order chi connectivity index (χ1) is 10.1. The van der Waals surface area contributed by atoms with Crippen molar-refractivity contribution in [1.82, 2.24) is 10.3 Å². The number of rotatable bonds is 6. The van der Waals surface area contributed by atoms with Crippen LogP contribution in [0.1, 0.15) is 24.6 Å². The fourth-order valence-corrected chi connectivity index (χ4v) is 2.16. The third kappa shape index (κ3) is 4.60. The predicted molar refractivity (Wildman–Crippen MR) is 87.5 cm³/mol. The molecule has 0 aliphatic rings. The minimum atomic E-state index is 0.512. The van der Waals surface area contributed by atoms with Crippen LogP contribution in [0.4, 0.5) is 0 Å². The molecule has 0 fully saturated rings. The molecule has 0 saturated carbocycles. The van der Waals surface area contributed by atoms with Gasteiger partial charge >= 0.3 is 0 Å². The van der Waals surface area contributed by atoms with Crippen molar-refractivity contribution >= 4 is 23.2 Å². The number of nitrogens with zero attached hydrogens (tertiary/aromatic N) is 1. The van der Waals surface area contributed by atoms with Gasteiger partial charge in [0, 0.05) is 17.6 Å². The molecule has 5 heteroatoms. The first-order valence-electron chi connectivity index (χ1n) is 6.90. The van der Waals surface area contributed by atoms with E-state index in [0.29, 0.717) is 28.2 Å². The van der Waals surface area contributed by atoms with Crippen molar-refractivity contribution in [1.29, 1.82) is 0 Å². The lowest BCUT2D eigenvalue weighted by molar-refractivity contribution is 0.456. The number of hydrogen-bond acceptors (Lipinski definition) is 3. The molecule has 1 aromatic carbocycles. The zero-order chi connectivity index (χ0) is 15.2. The summed E-state index contributed by atoms with van der Waals surface area (Å²) in [5.41, 5.74) is 1.78. The van der Waals surface area contributed by atoms with Gasteiger partial charge in [-0.3, -0.25) is 0 Å². The Bertz CT molecular complexity index is 617. The largest absolute Gasteiger partial charge is 0.439 e. The van der Waals surface area contributed by atoms with Crippen LogP contribution in [-0.4, -0.2) is 11.5 Å². The van der Waals surface area contributed by atoms with E-state index in [1.807, 2.05) is 19.1 Å². The molecule has 0 aliphatic carbocycles. The van der Waals surface area contributed by atoms with Crippen LogP contribution in [0.5, 0.6) is 11.6 Å². The highest BCUT2D eigenvalue weighted by Crippen LogP contribution is 2.28. The summed E-state index contributed by atoms with van der Waals surface area (Å²) < 4.78 is 5.81. The van der Waals surface area contributed by atoms with Crippen LogP contribution in [0.15, 0.2) is 30.3 Å². The van der Waals surface area contributed by atoms with Crippen molar-refractivity contribution in [3.05, 3.63) is 51.6 Å². The molecule has 0 atom stereocenters. The van der Waals surface area contributed by atoms with Gasteiger partial charge in [-0.2, -0.15) is 0 Å². The van der Waals surface area contributed by atoms with E-state index in [-0.39, 0.29) is 0 Å². The maximum atomic E-state index is 6.16. The minimum Gasteiger partial charge on any atom is -0.439 e. The molecule has 2 aromatic rings. The molecule has 0 aliphatic heterocycles. The molecule has 0 saturated heterocycles. The summed E-state index contributed by atoms with van der Waals surface area (Å²) in [7, 11) is 0. The molecular formula is C16H18Cl2N2O. The fourth-order valence-electron chi connectivity index (χ4n) is 1.83. The highest BCUT2D eigenvalue weighted by atomic mass is 35.5. The standard InChI is InChI=1S/C16H18Cl2N2O/c1-3-8-19-10-14-13(18)6-7-16(20-14)21-15-9-12(17)5-4-11(15)2/h4-7,9,19H,3,8,10H2,1-2H3. The van der Waals surface area contributed by atoms with Gasteiger partial charge in [0.05, 0.1) is 10.7 Å². The highest BCUT2D eigenvalue weighted by molar-refractivity contribution is 6.31. The Balaban J connectivity index is 2.16. The van der Waals surface area contributed by atoms with Gasteiger partial charge in [-0.25, -0.2) is 4.98 Å². The summed E-state index contributed by atoms with van der Waals surface area (Å²) in [6, 6.07) is 9.08. The number of benzene rings is 1. The number of ether oxygens (including phenoxy) is 1. The lowest BCUT2D eigenvalue weighted by Crippen LogP contribution is -2.15. The van der Waals surface area contributed by atoms with Crippen molar-refractivity contribution in [3.8, 4) is 11.6 Å². The smallest absolute Gasteiger partial charge is 0.219 e. The van der Waals surface area contributed by atoms with Crippen molar-refractivity contribution in [2.75, 3.05) is 6.54 Å². The quantitative estimate of drug-likeness (QED) is 0.760. The lowest BCUT2D eigenvalue weighted by atomic mass is 10.2. The summed E-state index contributed by atoms with van der Waals surface area (Å²) in [5, 5.41) is 4.55. The average molecular weight is 325 g/mol. The van der Waals surface area contributed by atoms with Gasteiger partial charge in [0.1, 0.15) is 5.75 Å². The van der Waals surface area contributed by atoms with Crippen LogP contribution in [0.3, 0.4) is 0 Å². The predicted octanol–water partition coefficient (Wildman–Crippen LogP) is 4.99. The zero-order valence-corrected chi connectivity index (χ0v) is 13.6. The van der Waals surface area contributed by atoms with E-state index in [2.05, 4.69) is 17.2 Å². The topological polar surface area (TPSA) is 34.2 Å². The summed E-state index contributed by atoms with van der Waals surface area (Å²) in [6.07, 6.45) is 1.06. The van der Waals surface area contributed by atoms with Crippen molar-refractivity contribution in [2.45, 2.75) is 26.8 Å². The van der Waals surface area contributed by atoms with Crippen LogP contribution < -0.4 is 10.1 Å². The first-order valence-corrected chi connectivity index (χ1v) is 7.66. The van der Waals surface area contributed by atoms with Crippen LogP contribution >= 0.6 is 23.2 Å². The summed E-state index contributed by atoms with van der Waals surface area (Å²) in [6.45, 7) is 5.63. The van der Waals surface area contributed by atoms with Gasteiger partial charge in [0.2, 0.25) is 5.88 Å². The van der Waals surface area contributed by atoms with E-state index in [4.69, 9.17) is 27.9 Å². The van der Waals surface area contributed by atoms with Crippen LogP contribution in [0.2, 0.25) is 10.0 Å². The number of hydrogen-bond donors (Lipinski definition) is 1. The number of nitrogens with one attached hydrogen (secondary N) is 1. The first kappa shape index (κ1) is 16.1. The number of pyridine rings is 1. The Morgan fingerprint density at radius 3 is 2.76 bits per heavy atom. The zero-order valence-electron chi connectivity index (χ0n) is 12.1. The van der Waals surface area contributed by atoms with Gasteiger partial charge < -0.3 is 10.1 Å². The summed E-state index contributed by atoms with van der Waals surface area (Å²) >= 11 is 12.1. The van der Waals surface area contributed by atoms with Crippen molar-refractivity contribution < 1.29 is 4.74 Å². The Morgan fingerprint density at radius 2 is 2.00 bits per heavy atom. The van der Waals surface area contributed by atoms with Crippen LogP contribution in [0.25, 0.3) is 0 Å². The normalized spacial score (nSPS) is 10.7. The molecule has 0 unspecified atom stereocenters. The van der Waals surface area contributed by atoms with Crippen LogP contribution in [-0.2, 0) is 6.54 Å². The van der Waals surface area contributed by atoms with Gasteiger partial charge in [-0.15, -0.1) is 0 Å². The molecule has 0 bridgehead atoms. The molecule has 3 nitrogen and oxygen atoms in total.